The van der Waals surface area contributed by atoms with Gasteiger partial charge in [-0.3, -0.25) is 19.2 Å². The van der Waals surface area contributed by atoms with Crippen molar-refractivity contribution in [2.75, 3.05) is 0 Å². The highest BCUT2D eigenvalue weighted by Crippen LogP contribution is 2.22. The number of ketones is 2. The fourth-order valence-corrected chi connectivity index (χ4v) is 6.30. The van der Waals surface area contributed by atoms with Crippen molar-refractivity contribution in [3.05, 3.63) is 231 Å². The van der Waals surface area contributed by atoms with E-state index in [0.717, 1.165) is 12.8 Å². The van der Waals surface area contributed by atoms with E-state index in [2.05, 4.69) is 18.7 Å². The maximum atomic E-state index is 12.6. The Kier molecular flexibility index (Phi) is 16.7. The molecule has 0 aliphatic heterocycles. The predicted octanol–water partition coefficient (Wildman–Crippen LogP) is 11.1. The summed E-state index contributed by atoms with van der Waals surface area (Å²) in [6.45, 7) is 11.1. The largest absolute Gasteiger partial charge is 0.427 e. The molecule has 0 unspecified atom stereocenters. The molecule has 0 radical (unpaired) electrons. The van der Waals surface area contributed by atoms with Crippen LogP contribution in [0.1, 0.15) is 95.9 Å². The van der Waals surface area contributed by atoms with Crippen LogP contribution in [0.15, 0.2) is 170 Å². The fourth-order valence-electron chi connectivity index (χ4n) is 6.30. The summed E-state index contributed by atoms with van der Waals surface area (Å²) in [7, 11) is 0. The molecule has 7 aromatic rings. The van der Waals surface area contributed by atoms with Gasteiger partial charge >= 0.3 is 23.9 Å². The van der Waals surface area contributed by atoms with Crippen LogP contribution in [-0.4, -0.2) is 35.4 Å². The number of rotatable bonds is 15. The number of nitrogens with zero attached hydrogens (tertiary/aromatic N) is 2. The molecule has 336 valence electrons. The van der Waals surface area contributed by atoms with Gasteiger partial charge in [0.15, 0.2) is 17.3 Å². The predicted molar refractivity (Wildman–Crippen MR) is 252 cm³/mol. The minimum atomic E-state index is -0.666. The van der Waals surface area contributed by atoms with Gasteiger partial charge in [-0.1, -0.05) is 74.5 Å². The minimum absolute atomic E-state index is 0.0623. The number of carbonyl (C=O) groups is 6. The van der Waals surface area contributed by atoms with Gasteiger partial charge in [0.25, 0.3) is 0 Å². The molecule has 0 aromatic heterocycles. The highest BCUT2D eigenvalue weighted by molar-refractivity contribution is 6.10. The van der Waals surface area contributed by atoms with Gasteiger partial charge in [0.2, 0.25) is 0 Å². The Labute approximate surface area is 392 Å². The molecule has 0 saturated heterocycles. The van der Waals surface area contributed by atoms with Crippen molar-refractivity contribution >= 4 is 41.1 Å². The number of aryl methyl sites for hydroxylation is 2. The zero-order valence-electron chi connectivity index (χ0n) is 37.0. The minimum Gasteiger partial charge on any atom is -0.427 e. The van der Waals surface area contributed by atoms with E-state index in [9.17, 15) is 28.8 Å². The summed E-state index contributed by atoms with van der Waals surface area (Å²) in [5.41, 5.74) is 5.87. The molecule has 0 aliphatic rings. The standard InChI is InChI=1S/C32H20N2O7.C24H22O3/c1-34-25-10-16-28(17-11-25)41-32(38)24-8-14-27(15-9-24)40-30(36)19-18-29(35)39-26-12-6-23(7-13-26)31(37)22-4-2-21(20-33)3-5-22;1-3-17-5-9-19(10-6-17)23(25)20-11-13-21(14-12-20)24(26)27-22-15-7-18(4-2)8-16-22/h2-17H,18-19H2;5-16H,3-4H2,1-2H3. The normalized spacial score (nSPS) is 10.2. The summed E-state index contributed by atoms with van der Waals surface area (Å²) in [5.74, 6) is -1.49. The zero-order valence-corrected chi connectivity index (χ0v) is 37.0. The van der Waals surface area contributed by atoms with Crippen molar-refractivity contribution in [2.24, 2.45) is 0 Å². The molecule has 0 atom stereocenters. The van der Waals surface area contributed by atoms with Gasteiger partial charge in [-0.05, 0) is 133 Å². The van der Waals surface area contributed by atoms with Crippen molar-refractivity contribution in [3.8, 4) is 29.1 Å². The van der Waals surface area contributed by atoms with E-state index in [1.165, 1.54) is 83.9 Å². The molecule has 0 heterocycles. The van der Waals surface area contributed by atoms with Crippen LogP contribution in [0.2, 0.25) is 0 Å². The maximum Gasteiger partial charge on any atom is 0.343 e. The van der Waals surface area contributed by atoms with Crippen molar-refractivity contribution < 1.29 is 47.7 Å². The van der Waals surface area contributed by atoms with E-state index < -0.39 is 23.9 Å². The van der Waals surface area contributed by atoms with Crippen LogP contribution in [-0.2, 0) is 22.4 Å². The van der Waals surface area contributed by atoms with Gasteiger partial charge in [0.1, 0.15) is 23.0 Å². The summed E-state index contributed by atoms with van der Waals surface area (Å²) in [4.78, 5) is 77.4. The second-order valence-corrected chi connectivity index (χ2v) is 14.9. The van der Waals surface area contributed by atoms with Gasteiger partial charge in [-0.25, -0.2) is 14.4 Å². The smallest absolute Gasteiger partial charge is 0.343 e. The van der Waals surface area contributed by atoms with E-state index >= 15 is 0 Å². The first-order valence-corrected chi connectivity index (χ1v) is 21.4. The summed E-state index contributed by atoms with van der Waals surface area (Å²) in [6.07, 6.45) is 1.40. The molecule has 0 fully saturated rings. The molecule has 0 bridgehead atoms. The molecule has 68 heavy (non-hydrogen) atoms. The van der Waals surface area contributed by atoms with Gasteiger partial charge in [0.05, 0.1) is 42.2 Å². The highest BCUT2D eigenvalue weighted by Gasteiger charge is 2.16. The number of hydrogen-bond acceptors (Lipinski definition) is 11. The first-order chi connectivity index (χ1) is 32.9. The number of ether oxygens (including phenoxy) is 4. The molecular formula is C56H42N2O10. The lowest BCUT2D eigenvalue weighted by molar-refractivity contribution is -0.140. The van der Waals surface area contributed by atoms with Crippen molar-refractivity contribution in [3.63, 3.8) is 0 Å². The Balaban J connectivity index is 0.000000244. The van der Waals surface area contributed by atoms with Gasteiger partial charge in [-0.15, -0.1) is 0 Å². The molecule has 7 rings (SSSR count). The number of nitriles is 1. The summed E-state index contributed by atoms with van der Waals surface area (Å²) >= 11 is 0. The molecule has 0 saturated carbocycles. The van der Waals surface area contributed by atoms with Crippen LogP contribution >= 0.6 is 0 Å². The Morgan fingerprint density at radius 2 is 0.721 bits per heavy atom. The topological polar surface area (TPSA) is 167 Å². The monoisotopic (exact) mass is 902 g/mol. The maximum absolute atomic E-state index is 12.6. The average Bonchev–Trinajstić information content (AvgIpc) is 3.38. The molecule has 0 aliphatic carbocycles. The Morgan fingerprint density at radius 1 is 0.426 bits per heavy atom. The summed E-state index contributed by atoms with van der Waals surface area (Å²) < 4.78 is 21.1. The zero-order chi connectivity index (χ0) is 48.4. The highest BCUT2D eigenvalue weighted by atomic mass is 16.5. The van der Waals surface area contributed by atoms with E-state index in [-0.39, 0.29) is 47.2 Å². The SMILES string of the molecule is CCc1ccc(OC(=O)c2ccc(C(=O)c3ccc(CC)cc3)cc2)cc1.[C-]#[N+]c1ccc(OC(=O)c2ccc(OC(=O)CCC(=O)Oc3ccc(C(=O)c4ccc(C#N)cc4)cc3)cc2)cc1. The summed E-state index contributed by atoms with van der Waals surface area (Å²) in [6, 6.07) is 47.6. The van der Waals surface area contributed by atoms with Gasteiger partial charge in [-0.2, -0.15) is 5.26 Å². The third kappa shape index (κ3) is 13.6. The molecule has 12 heteroatoms. The van der Waals surface area contributed by atoms with Gasteiger partial charge in [0, 0.05) is 22.3 Å². The Bertz CT molecular complexity index is 2980. The van der Waals surface area contributed by atoms with E-state index in [0.29, 0.717) is 44.8 Å². The third-order valence-corrected chi connectivity index (χ3v) is 10.2. The molecule has 7 aromatic carbocycles. The van der Waals surface area contributed by atoms with Crippen LogP contribution in [0.25, 0.3) is 4.85 Å². The quantitative estimate of drug-likeness (QED) is 0.0415. The molecule has 0 amide bonds. The number of esters is 4. The van der Waals surface area contributed by atoms with E-state index in [4.69, 9.17) is 30.8 Å². The second kappa shape index (κ2) is 23.6. The lowest BCUT2D eigenvalue weighted by Crippen LogP contribution is -2.14. The van der Waals surface area contributed by atoms with E-state index in [1.807, 2.05) is 42.5 Å². The average molecular weight is 903 g/mol. The molecule has 12 nitrogen and oxygen atoms in total. The van der Waals surface area contributed by atoms with Crippen LogP contribution in [0.5, 0.6) is 23.0 Å². The second-order valence-electron chi connectivity index (χ2n) is 14.9. The Hall–Kier alpha value is -9.26. The summed E-state index contributed by atoms with van der Waals surface area (Å²) in [5, 5.41) is 8.88. The van der Waals surface area contributed by atoms with Crippen LogP contribution < -0.4 is 18.9 Å². The van der Waals surface area contributed by atoms with Crippen LogP contribution in [0, 0.1) is 17.9 Å². The van der Waals surface area contributed by atoms with Crippen molar-refractivity contribution in [2.45, 2.75) is 39.5 Å². The van der Waals surface area contributed by atoms with Crippen LogP contribution in [0.4, 0.5) is 5.69 Å². The molecule has 0 spiro atoms. The number of hydrogen-bond donors (Lipinski definition) is 0. The number of carbonyl (C=O) groups excluding carboxylic acids is 6. The van der Waals surface area contributed by atoms with Crippen molar-refractivity contribution in [1.29, 1.82) is 5.26 Å². The first kappa shape index (κ1) is 48.2. The fraction of sp³-hybridized carbons (Fsp3) is 0.107. The molecule has 0 N–H and O–H groups in total. The number of benzene rings is 7. The van der Waals surface area contributed by atoms with E-state index in [1.54, 1.807) is 60.7 Å². The van der Waals surface area contributed by atoms with Gasteiger partial charge < -0.3 is 18.9 Å². The third-order valence-electron chi connectivity index (χ3n) is 10.2. The lowest BCUT2D eigenvalue weighted by atomic mass is 10.0. The first-order valence-electron chi connectivity index (χ1n) is 21.4. The Morgan fingerprint density at radius 3 is 1.10 bits per heavy atom. The van der Waals surface area contributed by atoms with Crippen molar-refractivity contribution in [1.82, 2.24) is 0 Å². The lowest BCUT2D eigenvalue weighted by Gasteiger charge is -2.07. The van der Waals surface area contributed by atoms with Crippen LogP contribution in [0.3, 0.4) is 0 Å². The molecular weight excluding hydrogens is 861 g/mol.